The van der Waals surface area contributed by atoms with E-state index in [2.05, 4.69) is 6.58 Å². The van der Waals surface area contributed by atoms with E-state index in [4.69, 9.17) is 0 Å². The molecular formula is C12H14FNO. The van der Waals surface area contributed by atoms with Crippen LogP contribution in [0.25, 0.3) is 0 Å². The van der Waals surface area contributed by atoms with Crippen LogP contribution in [0.1, 0.15) is 15.9 Å². The molecule has 0 aromatic heterocycles. The molecule has 0 aliphatic heterocycles. The summed E-state index contributed by atoms with van der Waals surface area (Å²) < 4.78 is 13.4. The summed E-state index contributed by atoms with van der Waals surface area (Å²) in [6, 6.07) is 4.58. The van der Waals surface area contributed by atoms with Gasteiger partial charge < -0.3 is 4.90 Å². The second-order valence-electron chi connectivity index (χ2n) is 3.46. The molecule has 0 aliphatic rings. The molecule has 1 aromatic rings. The van der Waals surface area contributed by atoms with Crippen LogP contribution in [0.2, 0.25) is 0 Å². The first-order valence-electron chi connectivity index (χ1n) is 4.68. The summed E-state index contributed by atoms with van der Waals surface area (Å²) in [5.41, 5.74) is 0.903. The number of carbonyl (C=O) groups is 1. The lowest BCUT2D eigenvalue weighted by Crippen LogP contribution is -2.27. The first-order valence-corrected chi connectivity index (χ1v) is 4.68. The standard InChI is InChI=1S/C12H14FNO/c1-4-7-14(3)12(15)10-6-5-9(2)8-11(10)13/h4-6,8H,1,7H2,2-3H3. The normalized spacial score (nSPS) is 9.80. The van der Waals surface area contributed by atoms with Crippen LogP contribution in [0.3, 0.4) is 0 Å². The van der Waals surface area contributed by atoms with Crippen molar-refractivity contribution >= 4 is 5.91 Å². The van der Waals surface area contributed by atoms with E-state index in [1.165, 1.54) is 17.0 Å². The molecule has 0 heterocycles. The van der Waals surface area contributed by atoms with Gasteiger partial charge in [0, 0.05) is 13.6 Å². The molecule has 0 saturated carbocycles. The fourth-order valence-electron chi connectivity index (χ4n) is 1.28. The number of halogens is 1. The van der Waals surface area contributed by atoms with Gasteiger partial charge in [-0.2, -0.15) is 0 Å². The van der Waals surface area contributed by atoms with Crippen LogP contribution in [0.15, 0.2) is 30.9 Å². The molecule has 0 N–H and O–H groups in total. The average Bonchev–Trinajstić information content (AvgIpc) is 2.17. The highest BCUT2D eigenvalue weighted by molar-refractivity contribution is 5.94. The second-order valence-corrected chi connectivity index (χ2v) is 3.46. The summed E-state index contributed by atoms with van der Waals surface area (Å²) in [5, 5.41) is 0. The largest absolute Gasteiger partial charge is 0.338 e. The number of hydrogen-bond acceptors (Lipinski definition) is 1. The van der Waals surface area contributed by atoms with Gasteiger partial charge in [-0.05, 0) is 24.6 Å². The number of benzene rings is 1. The molecule has 15 heavy (non-hydrogen) atoms. The summed E-state index contributed by atoms with van der Waals surface area (Å²) in [7, 11) is 1.61. The lowest BCUT2D eigenvalue weighted by Gasteiger charge is -2.15. The number of hydrogen-bond donors (Lipinski definition) is 0. The van der Waals surface area contributed by atoms with Gasteiger partial charge in [0.05, 0.1) is 5.56 Å². The third kappa shape index (κ3) is 2.65. The number of likely N-dealkylation sites (N-methyl/N-ethyl adjacent to an activating group) is 1. The summed E-state index contributed by atoms with van der Waals surface area (Å²) in [4.78, 5) is 13.1. The van der Waals surface area contributed by atoms with Crippen LogP contribution < -0.4 is 0 Å². The Morgan fingerprint density at radius 2 is 2.27 bits per heavy atom. The highest BCUT2D eigenvalue weighted by atomic mass is 19.1. The summed E-state index contributed by atoms with van der Waals surface area (Å²) >= 11 is 0. The van der Waals surface area contributed by atoms with Crippen molar-refractivity contribution < 1.29 is 9.18 Å². The zero-order chi connectivity index (χ0) is 11.4. The first kappa shape index (κ1) is 11.4. The molecule has 0 unspecified atom stereocenters. The Morgan fingerprint density at radius 3 is 2.80 bits per heavy atom. The van der Waals surface area contributed by atoms with Gasteiger partial charge in [-0.1, -0.05) is 12.1 Å². The summed E-state index contributed by atoms with van der Waals surface area (Å²) in [6.45, 7) is 5.72. The van der Waals surface area contributed by atoms with Gasteiger partial charge in [0.15, 0.2) is 0 Å². The molecule has 3 heteroatoms. The maximum absolute atomic E-state index is 13.4. The van der Waals surface area contributed by atoms with E-state index in [0.29, 0.717) is 6.54 Å². The number of amides is 1. The molecule has 0 radical (unpaired) electrons. The lowest BCUT2D eigenvalue weighted by atomic mass is 10.1. The smallest absolute Gasteiger partial charge is 0.256 e. The molecule has 0 spiro atoms. The predicted molar refractivity (Wildman–Crippen MR) is 58.3 cm³/mol. The van der Waals surface area contributed by atoms with Crippen molar-refractivity contribution in [1.29, 1.82) is 0 Å². The van der Waals surface area contributed by atoms with Crippen LogP contribution in [-0.2, 0) is 0 Å². The van der Waals surface area contributed by atoms with Crippen LogP contribution >= 0.6 is 0 Å². The molecule has 1 amide bonds. The SMILES string of the molecule is C=CCN(C)C(=O)c1ccc(C)cc1F. The van der Waals surface area contributed by atoms with Gasteiger partial charge in [0.2, 0.25) is 0 Å². The average molecular weight is 207 g/mol. The minimum atomic E-state index is -0.476. The van der Waals surface area contributed by atoms with Crippen LogP contribution in [0.5, 0.6) is 0 Å². The quantitative estimate of drug-likeness (QED) is 0.697. The van der Waals surface area contributed by atoms with Gasteiger partial charge in [0.1, 0.15) is 5.82 Å². The van der Waals surface area contributed by atoms with E-state index in [1.54, 1.807) is 26.1 Å². The zero-order valence-electron chi connectivity index (χ0n) is 8.96. The fourth-order valence-corrected chi connectivity index (χ4v) is 1.28. The lowest BCUT2D eigenvalue weighted by molar-refractivity contribution is 0.0805. The molecule has 0 fully saturated rings. The van der Waals surface area contributed by atoms with E-state index in [-0.39, 0.29) is 11.5 Å². The van der Waals surface area contributed by atoms with Crippen molar-refractivity contribution in [2.24, 2.45) is 0 Å². The van der Waals surface area contributed by atoms with Crippen molar-refractivity contribution in [2.75, 3.05) is 13.6 Å². The highest BCUT2D eigenvalue weighted by Gasteiger charge is 2.14. The molecule has 2 nitrogen and oxygen atoms in total. The molecule has 0 saturated heterocycles. The summed E-state index contributed by atoms with van der Waals surface area (Å²) in [5.74, 6) is -0.802. The van der Waals surface area contributed by atoms with Crippen LogP contribution in [-0.4, -0.2) is 24.4 Å². The van der Waals surface area contributed by atoms with Gasteiger partial charge in [-0.15, -0.1) is 6.58 Å². The molecule has 0 aliphatic carbocycles. The van der Waals surface area contributed by atoms with Crippen LogP contribution in [0.4, 0.5) is 4.39 Å². The van der Waals surface area contributed by atoms with E-state index in [1.807, 2.05) is 0 Å². The third-order valence-electron chi connectivity index (χ3n) is 2.10. The fraction of sp³-hybridized carbons (Fsp3) is 0.250. The first-order chi connectivity index (χ1) is 7.06. The number of carbonyl (C=O) groups excluding carboxylic acids is 1. The Balaban J connectivity index is 2.96. The zero-order valence-corrected chi connectivity index (χ0v) is 8.96. The second kappa shape index (κ2) is 4.73. The van der Waals surface area contributed by atoms with Gasteiger partial charge in [0.25, 0.3) is 5.91 Å². The van der Waals surface area contributed by atoms with Crippen molar-refractivity contribution in [3.05, 3.63) is 47.8 Å². The molecular weight excluding hydrogens is 193 g/mol. The Hall–Kier alpha value is -1.64. The van der Waals surface area contributed by atoms with Crippen LogP contribution in [0, 0.1) is 12.7 Å². The van der Waals surface area contributed by atoms with E-state index < -0.39 is 5.82 Å². The third-order valence-corrected chi connectivity index (χ3v) is 2.10. The van der Waals surface area contributed by atoms with Crippen molar-refractivity contribution in [1.82, 2.24) is 4.90 Å². The van der Waals surface area contributed by atoms with Gasteiger partial charge in [-0.3, -0.25) is 4.79 Å². The maximum atomic E-state index is 13.4. The number of rotatable bonds is 3. The van der Waals surface area contributed by atoms with Gasteiger partial charge >= 0.3 is 0 Å². The number of aryl methyl sites for hydroxylation is 1. The van der Waals surface area contributed by atoms with Crippen molar-refractivity contribution in [3.8, 4) is 0 Å². The molecule has 1 aromatic carbocycles. The van der Waals surface area contributed by atoms with Crippen molar-refractivity contribution in [2.45, 2.75) is 6.92 Å². The van der Waals surface area contributed by atoms with E-state index in [9.17, 15) is 9.18 Å². The van der Waals surface area contributed by atoms with Gasteiger partial charge in [-0.25, -0.2) is 4.39 Å². The molecule has 0 atom stereocenters. The van der Waals surface area contributed by atoms with E-state index >= 15 is 0 Å². The van der Waals surface area contributed by atoms with Crippen molar-refractivity contribution in [3.63, 3.8) is 0 Å². The molecule has 80 valence electrons. The van der Waals surface area contributed by atoms with E-state index in [0.717, 1.165) is 5.56 Å². The summed E-state index contributed by atoms with van der Waals surface area (Å²) in [6.07, 6.45) is 1.60. The minimum absolute atomic E-state index is 0.102. The predicted octanol–water partition coefficient (Wildman–Crippen LogP) is 2.39. The maximum Gasteiger partial charge on any atom is 0.256 e. The monoisotopic (exact) mass is 207 g/mol. The number of nitrogens with zero attached hydrogens (tertiary/aromatic N) is 1. The molecule has 0 bridgehead atoms. The topological polar surface area (TPSA) is 20.3 Å². The Labute approximate surface area is 89.0 Å². The highest BCUT2D eigenvalue weighted by Crippen LogP contribution is 2.11. The Kier molecular flexibility index (Phi) is 3.61. The Morgan fingerprint density at radius 1 is 1.60 bits per heavy atom. The molecule has 1 rings (SSSR count). The minimum Gasteiger partial charge on any atom is -0.338 e. The Bertz CT molecular complexity index is 387.